The van der Waals surface area contributed by atoms with Crippen molar-refractivity contribution in [3.8, 4) is 11.5 Å². The van der Waals surface area contributed by atoms with E-state index in [0.717, 1.165) is 11.1 Å². The first-order chi connectivity index (χ1) is 15.9. The maximum absolute atomic E-state index is 13.2. The van der Waals surface area contributed by atoms with Gasteiger partial charge in [-0.1, -0.05) is 30.7 Å². The third-order valence-electron chi connectivity index (χ3n) is 5.13. The average molecular weight is 449 g/mol. The third kappa shape index (κ3) is 6.04. The molecule has 0 saturated heterocycles. The molecular formula is C26H28N2O5. The van der Waals surface area contributed by atoms with Gasteiger partial charge in [0, 0.05) is 11.6 Å². The number of rotatable bonds is 9. The van der Waals surface area contributed by atoms with E-state index in [0.29, 0.717) is 29.2 Å². The van der Waals surface area contributed by atoms with Crippen LogP contribution in [-0.2, 0) is 4.79 Å². The maximum Gasteiger partial charge on any atom is 0.268 e. The Hall–Kier alpha value is -4.00. The lowest BCUT2D eigenvalue weighted by Gasteiger charge is -2.20. The van der Waals surface area contributed by atoms with Crippen molar-refractivity contribution >= 4 is 17.9 Å². The summed E-state index contributed by atoms with van der Waals surface area (Å²) >= 11 is 0. The monoisotopic (exact) mass is 448 g/mol. The Morgan fingerprint density at radius 2 is 1.82 bits per heavy atom. The molecule has 2 amide bonds. The van der Waals surface area contributed by atoms with E-state index < -0.39 is 5.91 Å². The van der Waals surface area contributed by atoms with Gasteiger partial charge in [-0.3, -0.25) is 9.59 Å². The predicted octanol–water partition coefficient (Wildman–Crippen LogP) is 4.64. The van der Waals surface area contributed by atoms with Gasteiger partial charge in [0.05, 0.1) is 26.5 Å². The number of methoxy groups -OCH3 is 2. The van der Waals surface area contributed by atoms with Gasteiger partial charge in [-0.15, -0.1) is 0 Å². The van der Waals surface area contributed by atoms with Crippen LogP contribution in [0, 0.1) is 6.92 Å². The Balaban J connectivity index is 1.85. The molecule has 0 saturated carbocycles. The number of carbonyl (C=O) groups is 2. The molecular weight excluding hydrogens is 420 g/mol. The van der Waals surface area contributed by atoms with Gasteiger partial charge < -0.3 is 24.5 Å². The van der Waals surface area contributed by atoms with Crippen LogP contribution < -0.4 is 20.1 Å². The van der Waals surface area contributed by atoms with Crippen molar-refractivity contribution in [2.75, 3.05) is 14.2 Å². The zero-order valence-corrected chi connectivity index (χ0v) is 19.2. The summed E-state index contributed by atoms with van der Waals surface area (Å²) in [5.41, 5.74) is 2.34. The fourth-order valence-electron chi connectivity index (χ4n) is 3.38. The number of hydrogen-bond donors (Lipinski definition) is 2. The molecule has 0 aliphatic rings. The lowest BCUT2D eigenvalue weighted by molar-refractivity contribution is -0.118. The largest absolute Gasteiger partial charge is 0.493 e. The highest BCUT2D eigenvalue weighted by molar-refractivity contribution is 6.05. The molecule has 7 nitrogen and oxygen atoms in total. The molecule has 0 fully saturated rings. The molecule has 0 unspecified atom stereocenters. The Labute approximate surface area is 193 Å². The van der Waals surface area contributed by atoms with E-state index in [2.05, 4.69) is 10.6 Å². The molecule has 3 rings (SSSR count). The summed E-state index contributed by atoms with van der Waals surface area (Å²) < 4.78 is 16.0. The number of hydrogen-bond acceptors (Lipinski definition) is 5. The zero-order valence-electron chi connectivity index (χ0n) is 19.2. The number of aryl methyl sites for hydroxylation is 1. The van der Waals surface area contributed by atoms with Crippen molar-refractivity contribution < 1.29 is 23.5 Å². The van der Waals surface area contributed by atoms with E-state index in [1.165, 1.54) is 12.3 Å². The van der Waals surface area contributed by atoms with Crippen LogP contribution in [0.2, 0.25) is 0 Å². The number of furan rings is 1. The molecule has 0 spiro atoms. The molecule has 33 heavy (non-hydrogen) atoms. The summed E-state index contributed by atoms with van der Waals surface area (Å²) in [6, 6.07) is 15.8. The molecule has 0 aliphatic heterocycles. The van der Waals surface area contributed by atoms with Crippen LogP contribution in [0.25, 0.3) is 6.08 Å². The Morgan fingerprint density at radius 3 is 2.45 bits per heavy atom. The fraction of sp³-hybridized carbons (Fsp3) is 0.231. The van der Waals surface area contributed by atoms with Crippen LogP contribution in [0.4, 0.5) is 0 Å². The van der Waals surface area contributed by atoms with Crippen LogP contribution in [0.15, 0.2) is 71.0 Å². The predicted molar refractivity (Wildman–Crippen MR) is 126 cm³/mol. The third-order valence-corrected chi connectivity index (χ3v) is 5.13. The molecule has 0 radical (unpaired) electrons. The number of ether oxygens (including phenoxy) is 2. The minimum atomic E-state index is -0.436. The lowest BCUT2D eigenvalue weighted by Crippen LogP contribution is -2.36. The van der Waals surface area contributed by atoms with Crippen LogP contribution in [-0.4, -0.2) is 26.0 Å². The van der Waals surface area contributed by atoms with E-state index >= 15 is 0 Å². The van der Waals surface area contributed by atoms with Crippen molar-refractivity contribution in [2.24, 2.45) is 0 Å². The van der Waals surface area contributed by atoms with Gasteiger partial charge in [-0.2, -0.15) is 0 Å². The Morgan fingerprint density at radius 1 is 1.03 bits per heavy atom. The summed E-state index contributed by atoms with van der Waals surface area (Å²) in [6.07, 6.45) is 3.63. The molecule has 0 aliphatic carbocycles. The zero-order chi connectivity index (χ0) is 23.8. The van der Waals surface area contributed by atoms with Gasteiger partial charge in [0.25, 0.3) is 11.8 Å². The number of nitrogens with one attached hydrogen (secondary N) is 2. The first-order valence-corrected chi connectivity index (χ1v) is 10.6. The second kappa shape index (κ2) is 11.0. The molecule has 3 aromatic rings. The molecule has 1 atom stereocenters. The smallest absolute Gasteiger partial charge is 0.268 e. The van der Waals surface area contributed by atoms with Crippen molar-refractivity contribution in [3.63, 3.8) is 0 Å². The summed E-state index contributed by atoms with van der Waals surface area (Å²) in [6.45, 7) is 3.86. The van der Waals surface area contributed by atoms with Crippen LogP contribution >= 0.6 is 0 Å². The van der Waals surface area contributed by atoms with Crippen molar-refractivity contribution in [2.45, 2.75) is 26.3 Å². The summed E-state index contributed by atoms with van der Waals surface area (Å²) in [7, 11) is 3.13. The highest BCUT2D eigenvalue weighted by Gasteiger charge is 2.20. The topological polar surface area (TPSA) is 89.8 Å². The molecule has 2 aromatic carbocycles. The van der Waals surface area contributed by atoms with Crippen LogP contribution in [0.1, 0.15) is 46.6 Å². The normalized spacial score (nSPS) is 12.1. The fourth-order valence-corrected chi connectivity index (χ4v) is 3.38. The number of benzene rings is 2. The van der Waals surface area contributed by atoms with Crippen LogP contribution in [0.5, 0.6) is 11.5 Å². The van der Waals surface area contributed by atoms with E-state index in [9.17, 15) is 9.59 Å². The second-order valence-electron chi connectivity index (χ2n) is 7.45. The Kier molecular flexibility index (Phi) is 7.91. The summed E-state index contributed by atoms with van der Waals surface area (Å²) in [5, 5.41) is 5.72. The highest BCUT2D eigenvalue weighted by Crippen LogP contribution is 2.31. The lowest BCUT2D eigenvalue weighted by atomic mass is 10.0. The minimum absolute atomic E-state index is 0.0791. The quantitative estimate of drug-likeness (QED) is 0.466. The van der Waals surface area contributed by atoms with Gasteiger partial charge in [0.15, 0.2) is 11.5 Å². The molecule has 2 N–H and O–H groups in total. The summed E-state index contributed by atoms with van der Waals surface area (Å²) in [5.74, 6) is 0.803. The second-order valence-corrected chi connectivity index (χ2v) is 7.45. The van der Waals surface area contributed by atoms with E-state index in [-0.39, 0.29) is 17.6 Å². The van der Waals surface area contributed by atoms with Crippen molar-refractivity contribution in [3.05, 3.63) is 89.0 Å². The van der Waals surface area contributed by atoms with Gasteiger partial charge in [0.1, 0.15) is 11.5 Å². The Bertz CT molecular complexity index is 1140. The highest BCUT2D eigenvalue weighted by atomic mass is 16.5. The first-order valence-electron chi connectivity index (χ1n) is 10.6. The summed E-state index contributed by atoms with van der Waals surface area (Å²) in [4.78, 5) is 26.1. The molecule has 172 valence electrons. The van der Waals surface area contributed by atoms with Gasteiger partial charge in [0.2, 0.25) is 0 Å². The standard InChI is InChI=1S/C26H28N2O5/c1-5-21(18-11-12-23(31-3)24(15-18)32-4)27-26(30)22(16-20-10-7-13-33-20)28-25(29)19-9-6-8-17(2)14-19/h6-16,21H,5H2,1-4H3,(H,27,30)(H,28,29)/b22-16-/t21-/m0/s1. The van der Waals surface area contributed by atoms with Crippen molar-refractivity contribution in [1.29, 1.82) is 0 Å². The van der Waals surface area contributed by atoms with Gasteiger partial charge in [-0.05, 0) is 55.3 Å². The molecule has 0 bridgehead atoms. The van der Waals surface area contributed by atoms with E-state index in [4.69, 9.17) is 13.9 Å². The minimum Gasteiger partial charge on any atom is -0.493 e. The molecule has 1 aromatic heterocycles. The maximum atomic E-state index is 13.2. The average Bonchev–Trinajstić information content (AvgIpc) is 3.34. The SMILES string of the molecule is CC[C@H](NC(=O)/C(=C/c1ccco1)NC(=O)c1cccc(C)c1)c1ccc(OC)c(OC)c1. The number of amides is 2. The van der Waals surface area contributed by atoms with E-state index in [1.54, 1.807) is 50.6 Å². The number of carbonyl (C=O) groups excluding carboxylic acids is 2. The van der Waals surface area contributed by atoms with Crippen molar-refractivity contribution in [1.82, 2.24) is 10.6 Å². The van der Waals surface area contributed by atoms with Gasteiger partial charge >= 0.3 is 0 Å². The first kappa shape index (κ1) is 23.7. The van der Waals surface area contributed by atoms with Gasteiger partial charge in [-0.25, -0.2) is 0 Å². The van der Waals surface area contributed by atoms with Crippen LogP contribution in [0.3, 0.4) is 0 Å². The van der Waals surface area contributed by atoms with E-state index in [1.807, 2.05) is 32.0 Å². The molecule has 7 heteroatoms. The molecule has 1 heterocycles.